The zero-order valence-electron chi connectivity index (χ0n) is 17.1. The summed E-state index contributed by atoms with van der Waals surface area (Å²) >= 11 is 0. The summed E-state index contributed by atoms with van der Waals surface area (Å²) in [5, 5.41) is 25.1. The summed E-state index contributed by atoms with van der Waals surface area (Å²) in [5.41, 5.74) is 17.0. The number of rotatable bonds is 8. The van der Waals surface area contributed by atoms with Gasteiger partial charge in [-0.15, -0.1) is 0 Å². The van der Waals surface area contributed by atoms with Gasteiger partial charge in [0.1, 0.15) is 36.1 Å². The number of nitrogen functional groups attached to an aromatic ring is 1. The Bertz CT molecular complexity index is 1010. The molecule has 32 heavy (non-hydrogen) atoms. The van der Waals surface area contributed by atoms with Crippen LogP contribution in [0.3, 0.4) is 0 Å². The first-order valence-electron chi connectivity index (χ1n) is 9.66. The minimum Gasteiger partial charge on any atom is -0.394 e. The highest BCUT2D eigenvalue weighted by Crippen LogP contribution is 2.32. The van der Waals surface area contributed by atoms with E-state index in [1.807, 2.05) is 0 Å². The van der Waals surface area contributed by atoms with Gasteiger partial charge in [0.25, 0.3) is 0 Å². The van der Waals surface area contributed by atoms with Crippen molar-refractivity contribution >= 4 is 34.7 Å². The van der Waals surface area contributed by atoms with Gasteiger partial charge < -0.3 is 42.8 Å². The number of primary amides is 1. The molecule has 10 N–H and O–H groups in total. The number of amides is 3. The normalized spacial score (nSPS) is 24.8. The Balaban J connectivity index is 1.77. The SMILES string of the molecule is C[C@H](NC(=O)[C@@H](N)CC(N)=O)C(=O)N[C@@H]1[C@H](O)[C@@H](CO)O[C@H]1n1cnc2c(N)ncnc21. The average Bonchev–Trinajstić information content (AvgIpc) is 3.29. The number of aliphatic hydroxyl groups excluding tert-OH is 2. The Labute approximate surface area is 181 Å². The van der Waals surface area contributed by atoms with Crippen LogP contribution in [0.2, 0.25) is 0 Å². The molecule has 0 saturated carbocycles. The Kier molecular flexibility index (Phi) is 6.83. The fraction of sp³-hybridized carbons (Fsp3) is 0.529. The van der Waals surface area contributed by atoms with Gasteiger partial charge in [-0.1, -0.05) is 0 Å². The zero-order chi connectivity index (χ0) is 23.6. The lowest BCUT2D eigenvalue weighted by Gasteiger charge is -2.25. The van der Waals surface area contributed by atoms with E-state index in [9.17, 15) is 24.6 Å². The molecule has 2 aromatic heterocycles. The number of aromatic nitrogens is 4. The van der Waals surface area contributed by atoms with Gasteiger partial charge in [-0.25, -0.2) is 15.0 Å². The number of ether oxygens (including phenoxy) is 1. The predicted molar refractivity (Wildman–Crippen MR) is 108 cm³/mol. The number of carbonyl (C=O) groups excluding carboxylic acids is 3. The number of aliphatic hydroxyl groups is 2. The third kappa shape index (κ3) is 4.59. The number of carbonyl (C=O) groups is 3. The van der Waals surface area contributed by atoms with E-state index >= 15 is 0 Å². The second kappa shape index (κ2) is 9.39. The molecule has 0 aliphatic carbocycles. The quantitative estimate of drug-likeness (QED) is 0.203. The lowest BCUT2D eigenvalue weighted by atomic mass is 10.1. The number of hydrogen-bond donors (Lipinski definition) is 7. The summed E-state index contributed by atoms with van der Waals surface area (Å²) in [7, 11) is 0. The van der Waals surface area contributed by atoms with E-state index in [4.69, 9.17) is 21.9 Å². The second-order valence-corrected chi connectivity index (χ2v) is 7.36. The predicted octanol–water partition coefficient (Wildman–Crippen LogP) is -4.15. The van der Waals surface area contributed by atoms with E-state index in [1.54, 1.807) is 0 Å². The number of nitrogens with two attached hydrogens (primary N) is 3. The molecule has 0 bridgehead atoms. The van der Waals surface area contributed by atoms with Gasteiger partial charge in [-0.3, -0.25) is 19.0 Å². The second-order valence-electron chi connectivity index (χ2n) is 7.36. The Hall–Kier alpha value is -3.40. The first-order valence-corrected chi connectivity index (χ1v) is 9.66. The van der Waals surface area contributed by atoms with Crippen molar-refractivity contribution in [3.63, 3.8) is 0 Å². The van der Waals surface area contributed by atoms with Gasteiger partial charge in [0.15, 0.2) is 17.7 Å². The number of nitrogens with zero attached hydrogens (tertiary/aromatic N) is 4. The molecule has 0 unspecified atom stereocenters. The van der Waals surface area contributed by atoms with Crippen LogP contribution < -0.4 is 27.8 Å². The topological polar surface area (TPSA) is 247 Å². The maximum absolute atomic E-state index is 12.7. The molecular formula is C17H25N9O6. The molecule has 3 rings (SSSR count). The molecule has 1 aliphatic heterocycles. The summed E-state index contributed by atoms with van der Waals surface area (Å²) in [6, 6.07) is -3.32. The highest BCUT2D eigenvalue weighted by molar-refractivity contribution is 5.92. The number of fused-ring (bicyclic) bond motifs is 1. The number of hydrogen-bond acceptors (Lipinski definition) is 11. The van der Waals surface area contributed by atoms with Gasteiger partial charge >= 0.3 is 0 Å². The van der Waals surface area contributed by atoms with E-state index in [1.165, 1.54) is 24.1 Å². The number of nitrogens with one attached hydrogen (secondary N) is 2. The lowest BCUT2D eigenvalue weighted by Crippen LogP contribution is -2.55. The van der Waals surface area contributed by atoms with Crippen molar-refractivity contribution in [3.05, 3.63) is 12.7 Å². The van der Waals surface area contributed by atoms with Gasteiger partial charge in [-0.05, 0) is 6.92 Å². The summed E-state index contributed by atoms with van der Waals surface area (Å²) < 4.78 is 7.17. The van der Waals surface area contributed by atoms with Crippen LogP contribution in [0, 0.1) is 0 Å². The van der Waals surface area contributed by atoms with E-state index in [-0.39, 0.29) is 12.2 Å². The number of anilines is 1. The average molecular weight is 451 g/mol. The minimum atomic E-state index is -1.29. The Morgan fingerprint density at radius 3 is 2.66 bits per heavy atom. The van der Waals surface area contributed by atoms with Crippen LogP contribution in [0.5, 0.6) is 0 Å². The maximum Gasteiger partial charge on any atom is 0.242 e. The Morgan fingerprint density at radius 1 is 1.28 bits per heavy atom. The molecule has 6 atom stereocenters. The lowest BCUT2D eigenvalue weighted by molar-refractivity contribution is -0.131. The van der Waals surface area contributed by atoms with Gasteiger partial charge in [-0.2, -0.15) is 0 Å². The van der Waals surface area contributed by atoms with Crippen LogP contribution in [0.15, 0.2) is 12.7 Å². The molecule has 0 radical (unpaired) electrons. The standard InChI is InChI=1S/C17H25N9O6/c1-6(24-16(31)7(18)2-9(19)28)15(30)25-10-12(29)8(3-27)32-17(10)26-5-23-11-13(20)21-4-22-14(11)26/h4-8,10,12,17,27,29H,2-3,18H2,1H3,(H2,19,28)(H,24,31)(H,25,30)(H2,20,21,22)/t6-,7-,8+,10+,12+,17+/m0/s1. The number of imidazole rings is 1. The van der Waals surface area contributed by atoms with Crippen molar-refractivity contribution in [3.8, 4) is 0 Å². The first-order chi connectivity index (χ1) is 15.1. The zero-order valence-corrected chi connectivity index (χ0v) is 17.1. The highest BCUT2D eigenvalue weighted by Gasteiger charge is 2.46. The van der Waals surface area contributed by atoms with Crippen molar-refractivity contribution < 1.29 is 29.3 Å². The van der Waals surface area contributed by atoms with E-state index in [0.717, 1.165) is 0 Å². The molecule has 2 aromatic rings. The molecule has 15 nitrogen and oxygen atoms in total. The first kappa shape index (κ1) is 23.3. The van der Waals surface area contributed by atoms with Crippen molar-refractivity contribution in [2.24, 2.45) is 11.5 Å². The van der Waals surface area contributed by atoms with E-state index in [2.05, 4.69) is 25.6 Å². The monoisotopic (exact) mass is 451 g/mol. The van der Waals surface area contributed by atoms with Crippen LogP contribution in [0.25, 0.3) is 11.2 Å². The molecule has 15 heteroatoms. The van der Waals surface area contributed by atoms with Gasteiger partial charge in [0.2, 0.25) is 17.7 Å². The highest BCUT2D eigenvalue weighted by atomic mass is 16.5. The molecule has 3 heterocycles. The van der Waals surface area contributed by atoms with Crippen molar-refractivity contribution in [2.45, 2.75) is 49.9 Å². The van der Waals surface area contributed by atoms with E-state index < -0.39 is 60.9 Å². The summed E-state index contributed by atoms with van der Waals surface area (Å²) in [6.45, 7) is 0.882. The van der Waals surface area contributed by atoms with E-state index in [0.29, 0.717) is 11.2 Å². The minimum absolute atomic E-state index is 0.134. The summed E-state index contributed by atoms with van der Waals surface area (Å²) in [4.78, 5) is 47.8. The third-order valence-corrected chi connectivity index (χ3v) is 5.03. The fourth-order valence-corrected chi connectivity index (χ4v) is 3.33. The van der Waals surface area contributed by atoms with Gasteiger partial charge in [0.05, 0.1) is 25.4 Å². The molecule has 1 fully saturated rings. The smallest absolute Gasteiger partial charge is 0.242 e. The Morgan fingerprint density at radius 2 is 2.00 bits per heavy atom. The fourth-order valence-electron chi connectivity index (χ4n) is 3.33. The molecule has 0 spiro atoms. The van der Waals surface area contributed by atoms with Crippen LogP contribution in [-0.2, 0) is 19.1 Å². The van der Waals surface area contributed by atoms with Crippen molar-refractivity contribution in [2.75, 3.05) is 12.3 Å². The maximum atomic E-state index is 12.7. The molecule has 174 valence electrons. The summed E-state index contributed by atoms with van der Waals surface area (Å²) in [5.74, 6) is -2.03. The molecule has 3 amide bonds. The van der Waals surface area contributed by atoms with Crippen LogP contribution >= 0.6 is 0 Å². The van der Waals surface area contributed by atoms with Crippen molar-refractivity contribution in [1.29, 1.82) is 0 Å². The summed E-state index contributed by atoms with van der Waals surface area (Å²) in [6.07, 6.45) is -1.08. The van der Waals surface area contributed by atoms with Crippen LogP contribution in [-0.4, -0.2) is 84.4 Å². The van der Waals surface area contributed by atoms with Gasteiger partial charge in [0, 0.05) is 0 Å². The van der Waals surface area contributed by atoms with Crippen LogP contribution in [0.1, 0.15) is 19.6 Å². The largest absolute Gasteiger partial charge is 0.394 e. The molecular weight excluding hydrogens is 426 g/mol. The third-order valence-electron chi connectivity index (χ3n) is 5.03. The molecule has 0 aromatic carbocycles. The molecule has 1 saturated heterocycles. The van der Waals surface area contributed by atoms with Crippen molar-refractivity contribution in [1.82, 2.24) is 30.2 Å². The molecule has 1 aliphatic rings. The van der Waals surface area contributed by atoms with Crippen LogP contribution in [0.4, 0.5) is 5.82 Å².